The number of imidazole rings is 1. The first-order chi connectivity index (χ1) is 10.6. The SMILES string of the molecule is Cc1ccc(-c2cnc(NCc3cccc(Cl)c3)n2C)cc1. The van der Waals surface area contributed by atoms with Crippen LogP contribution < -0.4 is 5.32 Å². The minimum absolute atomic E-state index is 0.693. The van der Waals surface area contributed by atoms with Crippen LogP contribution in [0, 0.1) is 6.92 Å². The van der Waals surface area contributed by atoms with Gasteiger partial charge in [0.05, 0.1) is 11.9 Å². The molecule has 2 aromatic carbocycles. The average Bonchev–Trinajstić information content (AvgIpc) is 2.87. The molecule has 0 aliphatic carbocycles. The maximum atomic E-state index is 6.01. The van der Waals surface area contributed by atoms with E-state index in [1.54, 1.807) is 0 Å². The Labute approximate surface area is 135 Å². The number of hydrogen-bond donors (Lipinski definition) is 1. The summed E-state index contributed by atoms with van der Waals surface area (Å²) in [6.07, 6.45) is 1.89. The Kier molecular flexibility index (Phi) is 4.16. The van der Waals surface area contributed by atoms with E-state index in [0.717, 1.165) is 27.8 Å². The van der Waals surface area contributed by atoms with E-state index in [1.165, 1.54) is 5.56 Å². The fourth-order valence-corrected chi connectivity index (χ4v) is 2.61. The summed E-state index contributed by atoms with van der Waals surface area (Å²) in [6.45, 7) is 2.78. The molecule has 0 aliphatic heterocycles. The Balaban J connectivity index is 1.77. The van der Waals surface area contributed by atoms with E-state index in [1.807, 2.05) is 37.5 Å². The van der Waals surface area contributed by atoms with Gasteiger partial charge in [-0.25, -0.2) is 4.98 Å². The van der Waals surface area contributed by atoms with Gasteiger partial charge in [-0.05, 0) is 30.2 Å². The third-order valence-electron chi connectivity index (χ3n) is 3.68. The van der Waals surface area contributed by atoms with Crippen LogP contribution in [0.15, 0.2) is 54.7 Å². The number of hydrogen-bond acceptors (Lipinski definition) is 2. The summed E-state index contributed by atoms with van der Waals surface area (Å²) in [5, 5.41) is 4.10. The summed E-state index contributed by atoms with van der Waals surface area (Å²) in [4.78, 5) is 4.47. The quantitative estimate of drug-likeness (QED) is 0.759. The fraction of sp³-hybridized carbons (Fsp3) is 0.167. The van der Waals surface area contributed by atoms with Crippen molar-refractivity contribution in [1.29, 1.82) is 0 Å². The highest BCUT2D eigenvalue weighted by Gasteiger charge is 2.08. The molecule has 4 heteroatoms. The lowest BCUT2D eigenvalue weighted by atomic mass is 10.1. The van der Waals surface area contributed by atoms with Gasteiger partial charge in [-0.15, -0.1) is 0 Å². The number of nitrogens with one attached hydrogen (secondary N) is 1. The number of rotatable bonds is 4. The number of aryl methyl sites for hydroxylation is 1. The molecule has 0 radical (unpaired) electrons. The van der Waals surface area contributed by atoms with Gasteiger partial charge in [0.25, 0.3) is 0 Å². The second-order valence-corrected chi connectivity index (χ2v) is 5.81. The Morgan fingerprint density at radius 1 is 1.14 bits per heavy atom. The smallest absolute Gasteiger partial charge is 0.203 e. The minimum atomic E-state index is 0.693. The predicted octanol–water partition coefficient (Wildman–Crippen LogP) is 4.66. The maximum absolute atomic E-state index is 6.01. The van der Waals surface area contributed by atoms with Crippen molar-refractivity contribution < 1.29 is 0 Å². The molecular formula is C18H18ClN3. The lowest BCUT2D eigenvalue weighted by molar-refractivity contribution is 0.907. The summed E-state index contributed by atoms with van der Waals surface area (Å²) in [5.74, 6) is 0.843. The molecule has 1 heterocycles. The highest BCUT2D eigenvalue weighted by atomic mass is 35.5. The summed E-state index contributed by atoms with van der Waals surface area (Å²) >= 11 is 6.01. The number of benzene rings is 2. The molecule has 0 fully saturated rings. The van der Waals surface area contributed by atoms with E-state index in [2.05, 4.69) is 46.1 Å². The van der Waals surface area contributed by atoms with Crippen LogP contribution in [-0.4, -0.2) is 9.55 Å². The monoisotopic (exact) mass is 311 g/mol. The minimum Gasteiger partial charge on any atom is -0.352 e. The molecule has 22 heavy (non-hydrogen) atoms. The second-order valence-electron chi connectivity index (χ2n) is 5.38. The molecule has 112 valence electrons. The van der Waals surface area contributed by atoms with Crippen molar-refractivity contribution in [1.82, 2.24) is 9.55 Å². The van der Waals surface area contributed by atoms with E-state index in [9.17, 15) is 0 Å². The van der Waals surface area contributed by atoms with E-state index >= 15 is 0 Å². The van der Waals surface area contributed by atoms with Crippen LogP contribution in [0.3, 0.4) is 0 Å². The molecule has 0 saturated carbocycles. The van der Waals surface area contributed by atoms with Crippen molar-refractivity contribution in [3.05, 3.63) is 70.9 Å². The summed E-state index contributed by atoms with van der Waals surface area (Å²) in [6, 6.07) is 16.3. The summed E-state index contributed by atoms with van der Waals surface area (Å²) in [7, 11) is 2.02. The van der Waals surface area contributed by atoms with Crippen LogP contribution in [0.25, 0.3) is 11.3 Å². The van der Waals surface area contributed by atoms with Crippen molar-refractivity contribution in [2.45, 2.75) is 13.5 Å². The normalized spacial score (nSPS) is 10.7. The zero-order valence-corrected chi connectivity index (χ0v) is 13.4. The topological polar surface area (TPSA) is 29.9 Å². The zero-order chi connectivity index (χ0) is 15.5. The highest BCUT2D eigenvalue weighted by molar-refractivity contribution is 6.30. The van der Waals surface area contributed by atoms with Crippen molar-refractivity contribution >= 4 is 17.5 Å². The molecule has 1 N–H and O–H groups in total. The van der Waals surface area contributed by atoms with Gasteiger partial charge in [0, 0.05) is 18.6 Å². The van der Waals surface area contributed by atoms with Crippen molar-refractivity contribution in [2.75, 3.05) is 5.32 Å². The molecule has 1 aromatic heterocycles. The molecular weight excluding hydrogens is 294 g/mol. The molecule has 0 saturated heterocycles. The van der Waals surface area contributed by atoms with Crippen LogP contribution in [0.4, 0.5) is 5.95 Å². The number of nitrogens with zero attached hydrogens (tertiary/aromatic N) is 2. The van der Waals surface area contributed by atoms with Gasteiger partial charge in [-0.2, -0.15) is 0 Å². The Morgan fingerprint density at radius 3 is 2.64 bits per heavy atom. The molecule has 0 spiro atoms. The average molecular weight is 312 g/mol. The number of anilines is 1. The number of halogens is 1. The standard InChI is InChI=1S/C18H18ClN3/c1-13-6-8-15(9-7-13)17-12-21-18(22(17)2)20-11-14-4-3-5-16(19)10-14/h3-10,12H,11H2,1-2H3,(H,20,21). The fourth-order valence-electron chi connectivity index (χ4n) is 2.39. The van der Waals surface area contributed by atoms with Gasteiger partial charge in [-0.1, -0.05) is 53.6 Å². The summed E-state index contributed by atoms with van der Waals surface area (Å²) in [5.41, 5.74) is 4.64. The first kappa shape index (κ1) is 14.7. The first-order valence-electron chi connectivity index (χ1n) is 7.20. The van der Waals surface area contributed by atoms with Gasteiger partial charge in [0.15, 0.2) is 0 Å². The Hall–Kier alpha value is -2.26. The van der Waals surface area contributed by atoms with Gasteiger partial charge in [0.1, 0.15) is 0 Å². The Bertz CT molecular complexity index is 775. The van der Waals surface area contributed by atoms with Crippen LogP contribution in [0.5, 0.6) is 0 Å². The lowest BCUT2D eigenvalue weighted by Crippen LogP contribution is -2.05. The van der Waals surface area contributed by atoms with Crippen molar-refractivity contribution in [3.63, 3.8) is 0 Å². The van der Waals surface area contributed by atoms with E-state index < -0.39 is 0 Å². The summed E-state index contributed by atoms with van der Waals surface area (Å²) < 4.78 is 2.06. The Morgan fingerprint density at radius 2 is 1.91 bits per heavy atom. The van der Waals surface area contributed by atoms with Crippen molar-refractivity contribution in [3.8, 4) is 11.3 Å². The molecule has 3 nitrogen and oxygen atoms in total. The molecule has 0 aliphatic rings. The molecule has 0 atom stereocenters. The maximum Gasteiger partial charge on any atom is 0.203 e. The number of aromatic nitrogens is 2. The first-order valence-corrected chi connectivity index (χ1v) is 7.58. The molecule has 0 bridgehead atoms. The molecule has 0 unspecified atom stereocenters. The third kappa shape index (κ3) is 3.15. The van der Waals surface area contributed by atoms with E-state index in [0.29, 0.717) is 6.54 Å². The predicted molar refractivity (Wildman–Crippen MR) is 92.2 cm³/mol. The van der Waals surface area contributed by atoms with Gasteiger partial charge in [0.2, 0.25) is 5.95 Å². The van der Waals surface area contributed by atoms with Crippen LogP contribution in [0.1, 0.15) is 11.1 Å². The van der Waals surface area contributed by atoms with Crippen LogP contribution >= 0.6 is 11.6 Å². The third-order valence-corrected chi connectivity index (χ3v) is 3.91. The highest BCUT2D eigenvalue weighted by Crippen LogP contribution is 2.22. The van der Waals surface area contributed by atoms with Gasteiger partial charge in [-0.3, -0.25) is 0 Å². The van der Waals surface area contributed by atoms with Crippen molar-refractivity contribution in [2.24, 2.45) is 7.05 Å². The van der Waals surface area contributed by atoms with Crippen LogP contribution in [-0.2, 0) is 13.6 Å². The molecule has 0 amide bonds. The van der Waals surface area contributed by atoms with Gasteiger partial charge < -0.3 is 9.88 Å². The van der Waals surface area contributed by atoms with Crippen LogP contribution in [0.2, 0.25) is 5.02 Å². The van der Waals surface area contributed by atoms with E-state index in [-0.39, 0.29) is 0 Å². The zero-order valence-electron chi connectivity index (χ0n) is 12.7. The largest absolute Gasteiger partial charge is 0.352 e. The van der Waals surface area contributed by atoms with Gasteiger partial charge >= 0.3 is 0 Å². The molecule has 3 aromatic rings. The van der Waals surface area contributed by atoms with E-state index in [4.69, 9.17) is 11.6 Å². The lowest BCUT2D eigenvalue weighted by Gasteiger charge is -2.09. The molecule has 3 rings (SSSR count). The second kappa shape index (κ2) is 6.24.